The van der Waals surface area contributed by atoms with Crippen LogP contribution in [0.1, 0.15) is 58.9 Å². The van der Waals surface area contributed by atoms with Gasteiger partial charge in [0, 0.05) is 24.2 Å². The fourth-order valence-electron chi connectivity index (χ4n) is 3.20. The monoisotopic (exact) mass is 276 g/mol. The van der Waals surface area contributed by atoms with Gasteiger partial charge in [-0.3, -0.25) is 0 Å². The summed E-state index contributed by atoms with van der Waals surface area (Å²) in [5, 5.41) is 3.45. The minimum Gasteiger partial charge on any atom is -0.370 e. The Balaban J connectivity index is 2.34. The largest absolute Gasteiger partial charge is 0.370 e. The fourth-order valence-corrected chi connectivity index (χ4v) is 3.20. The van der Waals surface area contributed by atoms with Crippen molar-refractivity contribution in [3.8, 4) is 0 Å². The molecule has 4 nitrogen and oxygen atoms in total. The number of hydrogen-bond acceptors (Lipinski definition) is 4. The highest BCUT2D eigenvalue weighted by atomic mass is 15.3. The van der Waals surface area contributed by atoms with Crippen molar-refractivity contribution in [2.75, 3.05) is 16.8 Å². The summed E-state index contributed by atoms with van der Waals surface area (Å²) >= 11 is 0. The quantitative estimate of drug-likeness (QED) is 0.861. The molecule has 2 rings (SSSR count). The molecule has 2 unspecified atom stereocenters. The Bertz CT molecular complexity index is 432. The average Bonchev–Trinajstić information content (AvgIpc) is 2.85. The molecule has 2 heterocycles. The van der Waals surface area contributed by atoms with E-state index in [9.17, 15) is 0 Å². The van der Waals surface area contributed by atoms with E-state index in [1.54, 1.807) is 6.33 Å². The van der Waals surface area contributed by atoms with E-state index in [2.05, 4.69) is 47.9 Å². The zero-order valence-electron chi connectivity index (χ0n) is 13.3. The van der Waals surface area contributed by atoms with Gasteiger partial charge in [-0.1, -0.05) is 20.8 Å². The third kappa shape index (κ3) is 2.89. The molecule has 0 aliphatic carbocycles. The van der Waals surface area contributed by atoms with E-state index in [1.165, 1.54) is 24.8 Å². The van der Waals surface area contributed by atoms with Crippen LogP contribution in [0.5, 0.6) is 0 Å². The molecule has 0 saturated carbocycles. The molecule has 1 aromatic rings. The van der Waals surface area contributed by atoms with Crippen LogP contribution in [-0.4, -0.2) is 28.6 Å². The predicted molar refractivity (Wildman–Crippen MR) is 85.4 cm³/mol. The van der Waals surface area contributed by atoms with Gasteiger partial charge < -0.3 is 10.2 Å². The standard InChI is InChI=1S/C16H28N4/c1-5-10-17-15-14(7-3)16(19-11-18-15)20-12(4)8-9-13(20)6-2/h11-13H,5-10H2,1-4H3,(H,17,18,19). The zero-order chi connectivity index (χ0) is 14.5. The number of nitrogens with zero attached hydrogens (tertiary/aromatic N) is 3. The zero-order valence-corrected chi connectivity index (χ0v) is 13.3. The summed E-state index contributed by atoms with van der Waals surface area (Å²) in [4.78, 5) is 11.6. The van der Waals surface area contributed by atoms with Crippen molar-refractivity contribution in [3.05, 3.63) is 11.9 Å². The Labute approximate surface area is 123 Å². The molecule has 0 spiro atoms. The number of aromatic nitrogens is 2. The van der Waals surface area contributed by atoms with Crippen LogP contribution in [0, 0.1) is 0 Å². The van der Waals surface area contributed by atoms with Gasteiger partial charge in [0.2, 0.25) is 0 Å². The van der Waals surface area contributed by atoms with Gasteiger partial charge in [0.15, 0.2) is 0 Å². The molecule has 1 aliphatic heterocycles. The van der Waals surface area contributed by atoms with Gasteiger partial charge >= 0.3 is 0 Å². The van der Waals surface area contributed by atoms with Gasteiger partial charge in [0.25, 0.3) is 0 Å². The summed E-state index contributed by atoms with van der Waals surface area (Å²) in [7, 11) is 0. The second-order valence-electron chi connectivity index (χ2n) is 5.70. The van der Waals surface area contributed by atoms with Crippen molar-refractivity contribution in [1.29, 1.82) is 0 Å². The highest BCUT2D eigenvalue weighted by Crippen LogP contribution is 2.34. The van der Waals surface area contributed by atoms with Crippen LogP contribution in [0.4, 0.5) is 11.6 Å². The summed E-state index contributed by atoms with van der Waals surface area (Å²) in [5.74, 6) is 2.17. The highest BCUT2D eigenvalue weighted by Gasteiger charge is 2.32. The van der Waals surface area contributed by atoms with Crippen molar-refractivity contribution in [2.24, 2.45) is 0 Å². The lowest BCUT2D eigenvalue weighted by atomic mass is 10.1. The first kappa shape index (κ1) is 15.1. The van der Waals surface area contributed by atoms with E-state index in [0.717, 1.165) is 31.0 Å². The molecule has 0 aromatic carbocycles. The van der Waals surface area contributed by atoms with Crippen molar-refractivity contribution in [1.82, 2.24) is 9.97 Å². The molecule has 0 bridgehead atoms. The second-order valence-corrected chi connectivity index (χ2v) is 5.70. The molecular weight excluding hydrogens is 248 g/mol. The Morgan fingerprint density at radius 1 is 1.25 bits per heavy atom. The summed E-state index contributed by atoms with van der Waals surface area (Å²) in [5.41, 5.74) is 1.27. The second kappa shape index (κ2) is 6.91. The number of rotatable bonds is 6. The summed E-state index contributed by atoms with van der Waals surface area (Å²) < 4.78 is 0. The third-order valence-corrected chi connectivity index (χ3v) is 4.32. The Hall–Kier alpha value is -1.32. The van der Waals surface area contributed by atoms with Gasteiger partial charge in [-0.25, -0.2) is 9.97 Å². The van der Waals surface area contributed by atoms with E-state index < -0.39 is 0 Å². The lowest BCUT2D eigenvalue weighted by molar-refractivity contribution is 0.617. The molecule has 1 aliphatic rings. The Kier molecular flexibility index (Phi) is 5.21. The lowest BCUT2D eigenvalue weighted by Crippen LogP contribution is -2.35. The molecule has 20 heavy (non-hydrogen) atoms. The van der Waals surface area contributed by atoms with Crippen LogP contribution in [-0.2, 0) is 6.42 Å². The first-order valence-electron chi connectivity index (χ1n) is 8.08. The van der Waals surface area contributed by atoms with Gasteiger partial charge in [-0.15, -0.1) is 0 Å². The molecule has 0 amide bonds. The normalized spacial score (nSPS) is 22.3. The molecule has 1 aromatic heterocycles. The first-order valence-corrected chi connectivity index (χ1v) is 8.08. The molecule has 112 valence electrons. The molecule has 1 saturated heterocycles. The van der Waals surface area contributed by atoms with Crippen LogP contribution in [0.3, 0.4) is 0 Å². The molecule has 4 heteroatoms. The molecule has 0 radical (unpaired) electrons. The lowest BCUT2D eigenvalue weighted by Gasteiger charge is -2.31. The van der Waals surface area contributed by atoms with Crippen molar-refractivity contribution >= 4 is 11.6 Å². The van der Waals surface area contributed by atoms with Gasteiger partial charge in [-0.2, -0.15) is 0 Å². The van der Waals surface area contributed by atoms with E-state index in [-0.39, 0.29) is 0 Å². The van der Waals surface area contributed by atoms with Gasteiger partial charge in [0.1, 0.15) is 18.0 Å². The number of hydrogen-bond donors (Lipinski definition) is 1. The van der Waals surface area contributed by atoms with Crippen molar-refractivity contribution in [3.63, 3.8) is 0 Å². The number of nitrogens with one attached hydrogen (secondary N) is 1. The molecule has 1 fully saturated rings. The van der Waals surface area contributed by atoms with Crippen LogP contribution in [0.15, 0.2) is 6.33 Å². The predicted octanol–water partition coefficient (Wildman–Crippen LogP) is 3.63. The van der Waals surface area contributed by atoms with Crippen LogP contribution >= 0.6 is 0 Å². The van der Waals surface area contributed by atoms with E-state index in [4.69, 9.17) is 0 Å². The maximum atomic E-state index is 4.62. The summed E-state index contributed by atoms with van der Waals surface area (Å²) in [6.45, 7) is 9.93. The van der Waals surface area contributed by atoms with Crippen molar-refractivity contribution < 1.29 is 0 Å². The van der Waals surface area contributed by atoms with Gasteiger partial charge in [-0.05, 0) is 39.0 Å². The highest BCUT2D eigenvalue weighted by molar-refractivity contribution is 5.60. The van der Waals surface area contributed by atoms with Gasteiger partial charge in [0.05, 0.1) is 0 Å². The Morgan fingerprint density at radius 2 is 2.05 bits per heavy atom. The SMILES string of the molecule is CCCNc1ncnc(N2C(C)CCC2CC)c1CC. The van der Waals surface area contributed by atoms with Crippen molar-refractivity contribution in [2.45, 2.75) is 71.9 Å². The molecule has 1 N–H and O–H groups in total. The average molecular weight is 276 g/mol. The number of anilines is 2. The smallest absolute Gasteiger partial charge is 0.137 e. The topological polar surface area (TPSA) is 41.1 Å². The Morgan fingerprint density at radius 3 is 2.70 bits per heavy atom. The first-order chi connectivity index (χ1) is 9.72. The van der Waals surface area contributed by atoms with Crippen LogP contribution in [0.2, 0.25) is 0 Å². The molecular formula is C16H28N4. The fraction of sp³-hybridized carbons (Fsp3) is 0.750. The van der Waals surface area contributed by atoms with Crippen LogP contribution < -0.4 is 10.2 Å². The summed E-state index contributed by atoms with van der Waals surface area (Å²) in [6.07, 6.45) is 7.54. The maximum absolute atomic E-state index is 4.62. The molecule has 2 atom stereocenters. The third-order valence-electron chi connectivity index (χ3n) is 4.32. The maximum Gasteiger partial charge on any atom is 0.137 e. The summed E-state index contributed by atoms with van der Waals surface area (Å²) in [6, 6.07) is 1.21. The van der Waals surface area contributed by atoms with E-state index in [1.807, 2.05) is 0 Å². The van der Waals surface area contributed by atoms with Crippen LogP contribution in [0.25, 0.3) is 0 Å². The minimum absolute atomic E-state index is 0.583. The minimum atomic E-state index is 0.583. The van der Waals surface area contributed by atoms with E-state index in [0.29, 0.717) is 12.1 Å². The van der Waals surface area contributed by atoms with E-state index >= 15 is 0 Å².